The van der Waals surface area contributed by atoms with Crippen LogP contribution in [0.2, 0.25) is 5.02 Å². The zero-order valence-corrected chi connectivity index (χ0v) is 18.8. The third kappa shape index (κ3) is 7.52. The van der Waals surface area contributed by atoms with E-state index in [1.54, 1.807) is 7.11 Å². The molecule has 1 amide bonds. The summed E-state index contributed by atoms with van der Waals surface area (Å²) in [5.41, 5.74) is 2.29. The van der Waals surface area contributed by atoms with Gasteiger partial charge in [0.15, 0.2) is 0 Å². The highest BCUT2D eigenvalue weighted by atomic mass is 35.5. The van der Waals surface area contributed by atoms with Gasteiger partial charge in [-0.2, -0.15) is 0 Å². The lowest BCUT2D eigenvalue weighted by Crippen LogP contribution is -2.37. The van der Waals surface area contributed by atoms with Gasteiger partial charge in [0.25, 0.3) is 0 Å². The molecule has 5 heteroatoms. The Labute approximate surface area is 180 Å². The molecule has 0 bridgehead atoms. The molecule has 0 radical (unpaired) electrons. The van der Waals surface area contributed by atoms with Crippen LogP contribution < -0.4 is 0 Å². The van der Waals surface area contributed by atoms with Gasteiger partial charge in [0.1, 0.15) is 0 Å². The van der Waals surface area contributed by atoms with Crippen molar-refractivity contribution >= 4 is 17.5 Å². The Morgan fingerprint density at radius 1 is 1.21 bits per heavy atom. The number of unbranched alkanes of at least 4 members (excludes halogenated alkanes) is 1. The largest absolute Gasteiger partial charge is 0.385 e. The molecule has 160 valence electrons. The Balaban J connectivity index is 2.14. The van der Waals surface area contributed by atoms with E-state index in [1.165, 1.54) is 0 Å². The molecule has 0 spiro atoms. The lowest BCUT2D eigenvalue weighted by atomic mass is 9.97. The fourth-order valence-electron chi connectivity index (χ4n) is 3.65. The maximum atomic E-state index is 13.3. The van der Waals surface area contributed by atoms with Crippen molar-refractivity contribution < 1.29 is 9.53 Å². The van der Waals surface area contributed by atoms with Gasteiger partial charge in [0, 0.05) is 49.6 Å². The molecule has 4 nitrogen and oxygen atoms in total. The van der Waals surface area contributed by atoms with Crippen LogP contribution in [0.25, 0.3) is 0 Å². The van der Waals surface area contributed by atoms with E-state index in [9.17, 15) is 4.79 Å². The summed E-state index contributed by atoms with van der Waals surface area (Å²) in [5.74, 6) is 0.376. The van der Waals surface area contributed by atoms with Crippen LogP contribution >= 0.6 is 11.6 Å². The average molecular weight is 419 g/mol. The molecular formula is C24H35ClN2O2. The first-order chi connectivity index (χ1) is 14.1. The summed E-state index contributed by atoms with van der Waals surface area (Å²) < 4.78 is 7.42. The van der Waals surface area contributed by atoms with Gasteiger partial charge in [-0.25, -0.2) is 0 Å². The fourth-order valence-corrected chi connectivity index (χ4v) is 3.87. The van der Waals surface area contributed by atoms with E-state index in [1.807, 2.05) is 29.2 Å². The highest BCUT2D eigenvalue weighted by Crippen LogP contribution is 2.19. The molecule has 0 aliphatic heterocycles. The number of ether oxygens (including phenoxy) is 1. The molecule has 2 aromatic rings. The van der Waals surface area contributed by atoms with Crippen LogP contribution in [0, 0.1) is 5.92 Å². The first-order valence-corrected chi connectivity index (χ1v) is 11.1. The Hall–Kier alpha value is -1.78. The Morgan fingerprint density at radius 3 is 2.72 bits per heavy atom. The Morgan fingerprint density at radius 2 is 2.03 bits per heavy atom. The number of rotatable bonds is 13. The van der Waals surface area contributed by atoms with Gasteiger partial charge in [0.2, 0.25) is 5.91 Å². The molecule has 1 heterocycles. The maximum absolute atomic E-state index is 13.3. The number of carbonyl (C=O) groups is 1. The van der Waals surface area contributed by atoms with E-state index in [0.29, 0.717) is 13.2 Å². The van der Waals surface area contributed by atoms with E-state index >= 15 is 0 Å². The molecule has 0 unspecified atom stereocenters. The number of amides is 1. The van der Waals surface area contributed by atoms with Gasteiger partial charge >= 0.3 is 0 Å². The SMILES string of the molecule is CCCC[C@H](CC)C(=O)N(CCCOC)Cc1cccn1Cc1cccc(Cl)c1. The zero-order valence-electron chi connectivity index (χ0n) is 18.1. The van der Waals surface area contributed by atoms with Crippen molar-refractivity contribution in [3.63, 3.8) is 0 Å². The van der Waals surface area contributed by atoms with E-state index in [0.717, 1.165) is 61.5 Å². The van der Waals surface area contributed by atoms with E-state index in [-0.39, 0.29) is 11.8 Å². The normalized spacial score (nSPS) is 12.1. The monoisotopic (exact) mass is 418 g/mol. The predicted octanol–water partition coefficient (Wildman–Crippen LogP) is 5.77. The van der Waals surface area contributed by atoms with Crippen molar-refractivity contribution in [3.8, 4) is 0 Å². The lowest BCUT2D eigenvalue weighted by molar-refractivity contribution is -0.136. The minimum Gasteiger partial charge on any atom is -0.385 e. The highest BCUT2D eigenvalue weighted by Gasteiger charge is 2.23. The molecule has 2 rings (SSSR count). The number of aromatic nitrogens is 1. The number of carbonyl (C=O) groups excluding carboxylic acids is 1. The second-order valence-electron chi connectivity index (χ2n) is 7.61. The van der Waals surface area contributed by atoms with Crippen LogP contribution in [0.4, 0.5) is 0 Å². The number of methoxy groups -OCH3 is 1. The highest BCUT2D eigenvalue weighted by molar-refractivity contribution is 6.30. The number of benzene rings is 1. The van der Waals surface area contributed by atoms with Gasteiger partial charge in [0.05, 0.1) is 6.54 Å². The van der Waals surface area contributed by atoms with E-state index in [2.05, 4.69) is 36.7 Å². The molecular weight excluding hydrogens is 384 g/mol. The third-order valence-corrected chi connectivity index (χ3v) is 5.59. The first kappa shape index (κ1) is 23.5. The lowest BCUT2D eigenvalue weighted by Gasteiger charge is -2.28. The fraction of sp³-hybridized carbons (Fsp3) is 0.542. The van der Waals surface area contributed by atoms with Crippen molar-refractivity contribution in [3.05, 3.63) is 58.9 Å². The van der Waals surface area contributed by atoms with Crippen LogP contribution in [0.3, 0.4) is 0 Å². The molecule has 1 atom stereocenters. The number of nitrogens with zero attached hydrogens (tertiary/aromatic N) is 2. The predicted molar refractivity (Wildman–Crippen MR) is 120 cm³/mol. The molecule has 0 saturated carbocycles. The Kier molecular flexibility index (Phi) is 10.3. The number of halogens is 1. The number of hydrogen-bond donors (Lipinski definition) is 0. The average Bonchev–Trinajstić information content (AvgIpc) is 3.14. The van der Waals surface area contributed by atoms with Crippen LogP contribution in [0.1, 0.15) is 57.2 Å². The molecule has 1 aromatic carbocycles. The molecule has 0 aliphatic carbocycles. The molecule has 29 heavy (non-hydrogen) atoms. The summed E-state index contributed by atoms with van der Waals surface area (Å²) >= 11 is 6.14. The summed E-state index contributed by atoms with van der Waals surface area (Å²) in [5, 5.41) is 0.745. The third-order valence-electron chi connectivity index (χ3n) is 5.35. The molecule has 0 saturated heterocycles. The molecule has 0 aliphatic rings. The number of hydrogen-bond acceptors (Lipinski definition) is 2. The molecule has 1 aromatic heterocycles. The van der Waals surface area contributed by atoms with Gasteiger partial charge in [-0.05, 0) is 49.1 Å². The summed E-state index contributed by atoms with van der Waals surface area (Å²) in [6.45, 7) is 7.05. The van der Waals surface area contributed by atoms with E-state index in [4.69, 9.17) is 16.3 Å². The molecule has 0 fully saturated rings. The second-order valence-corrected chi connectivity index (χ2v) is 8.05. The van der Waals surface area contributed by atoms with Gasteiger partial charge in [-0.15, -0.1) is 0 Å². The van der Waals surface area contributed by atoms with Crippen molar-refractivity contribution in [2.45, 2.75) is 59.0 Å². The topological polar surface area (TPSA) is 34.5 Å². The van der Waals surface area contributed by atoms with Crippen LogP contribution in [0.5, 0.6) is 0 Å². The Bertz CT molecular complexity index is 744. The van der Waals surface area contributed by atoms with Crippen molar-refractivity contribution in [2.24, 2.45) is 5.92 Å². The summed E-state index contributed by atoms with van der Waals surface area (Å²) in [4.78, 5) is 15.3. The van der Waals surface area contributed by atoms with Crippen molar-refractivity contribution in [2.75, 3.05) is 20.3 Å². The zero-order chi connectivity index (χ0) is 21.1. The first-order valence-electron chi connectivity index (χ1n) is 10.7. The second kappa shape index (κ2) is 12.7. The van der Waals surface area contributed by atoms with Crippen LogP contribution in [-0.2, 0) is 22.6 Å². The van der Waals surface area contributed by atoms with Gasteiger partial charge < -0.3 is 14.2 Å². The minimum absolute atomic E-state index is 0.105. The smallest absolute Gasteiger partial charge is 0.226 e. The summed E-state index contributed by atoms with van der Waals surface area (Å²) in [7, 11) is 1.71. The summed E-state index contributed by atoms with van der Waals surface area (Å²) in [6, 6.07) is 12.1. The van der Waals surface area contributed by atoms with Crippen LogP contribution in [-0.4, -0.2) is 35.6 Å². The quantitative estimate of drug-likeness (QED) is 0.387. The maximum Gasteiger partial charge on any atom is 0.226 e. The summed E-state index contributed by atoms with van der Waals surface area (Å²) in [6.07, 6.45) is 7.00. The van der Waals surface area contributed by atoms with E-state index < -0.39 is 0 Å². The van der Waals surface area contributed by atoms with Gasteiger partial charge in [-0.1, -0.05) is 50.4 Å². The van der Waals surface area contributed by atoms with Gasteiger partial charge in [-0.3, -0.25) is 4.79 Å². The van der Waals surface area contributed by atoms with Crippen molar-refractivity contribution in [1.82, 2.24) is 9.47 Å². The van der Waals surface area contributed by atoms with Crippen LogP contribution in [0.15, 0.2) is 42.6 Å². The van der Waals surface area contributed by atoms with Crippen molar-refractivity contribution in [1.29, 1.82) is 0 Å². The minimum atomic E-state index is 0.105. The molecule has 0 N–H and O–H groups in total. The standard InChI is InChI=1S/C24H35ClN2O2/c1-4-6-11-21(5-2)24(28)27(15-9-16-29-3)19-23-13-8-14-26(23)18-20-10-7-12-22(25)17-20/h7-8,10,12-14,17,21H,4-6,9,11,15-16,18-19H2,1-3H3/t21-/m0/s1.